The molecule has 0 atom stereocenters. The zero-order valence-electron chi connectivity index (χ0n) is 17.1. The standard InChI is InChI=1S/C25H26F4O/c1-2-3-15-4-6-16(7-5-15)14-30-20-12-23(28)25(24(29)13-20)19-8-17-10-21(26)22(27)11-18(17)9-19/h8,10-13,15-16H,2-7,9,14H2,1H3. The second-order valence-electron chi connectivity index (χ2n) is 8.56. The molecule has 30 heavy (non-hydrogen) atoms. The number of hydrogen-bond acceptors (Lipinski definition) is 1. The van der Waals surface area contributed by atoms with Gasteiger partial charge in [0.25, 0.3) is 0 Å². The van der Waals surface area contributed by atoms with Crippen molar-refractivity contribution in [2.75, 3.05) is 6.61 Å². The Kier molecular flexibility index (Phi) is 6.16. The molecule has 0 spiro atoms. The van der Waals surface area contributed by atoms with Crippen molar-refractivity contribution in [2.24, 2.45) is 11.8 Å². The quantitative estimate of drug-likeness (QED) is 0.447. The maximum atomic E-state index is 14.7. The lowest BCUT2D eigenvalue weighted by Gasteiger charge is -2.28. The van der Waals surface area contributed by atoms with Crippen LogP contribution < -0.4 is 4.74 Å². The third-order valence-electron chi connectivity index (χ3n) is 6.38. The van der Waals surface area contributed by atoms with Crippen molar-refractivity contribution in [2.45, 2.75) is 51.9 Å². The van der Waals surface area contributed by atoms with E-state index < -0.39 is 23.3 Å². The summed E-state index contributed by atoms with van der Waals surface area (Å²) in [4.78, 5) is 0. The zero-order chi connectivity index (χ0) is 21.3. The minimum atomic E-state index is -0.973. The van der Waals surface area contributed by atoms with Crippen LogP contribution in [0.4, 0.5) is 17.6 Å². The largest absolute Gasteiger partial charge is 0.493 e. The highest BCUT2D eigenvalue weighted by Gasteiger charge is 2.24. The topological polar surface area (TPSA) is 9.23 Å². The summed E-state index contributed by atoms with van der Waals surface area (Å²) in [6.45, 7) is 2.67. The average Bonchev–Trinajstić information content (AvgIpc) is 3.09. The van der Waals surface area contributed by atoms with Crippen molar-refractivity contribution >= 4 is 11.6 Å². The Morgan fingerprint density at radius 3 is 2.13 bits per heavy atom. The van der Waals surface area contributed by atoms with Crippen LogP contribution in [-0.2, 0) is 6.42 Å². The zero-order valence-corrected chi connectivity index (χ0v) is 17.1. The highest BCUT2D eigenvalue weighted by molar-refractivity contribution is 5.89. The average molecular weight is 418 g/mol. The summed E-state index contributed by atoms with van der Waals surface area (Å²) >= 11 is 0. The summed E-state index contributed by atoms with van der Waals surface area (Å²) in [6, 6.07) is 4.54. The molecule has 0 aromatic heterocycles. The van der Waals surface area contributed by atoms with E-state index in [1.54, 1.807) is 0 Å². The van der Waals surface area contributed by atoms with E-state index >= 15 is 0 Å². The molecule has 2 aromatic rings. The van der Waals surface area contributed by atoms with Crippen molar-refractivity contribution in [3.63, 3.8) is 0 Å². The van der Waals surface area contributed by atoms with Gasteiger partial charge < -0.3 is 4.74 Å². The Morgan fingerprint density at radius 1 is 0.833 bits per heavy atom. The molecule has 1 fully saturated rings. The molecule has 0 saturated heterocycles. The molecular weight excluding hydrogens is 392 g/mol. The van der Waals surface area contributed by atoms with Crippen molar-refractivity contribution in [3.05, 3.63) is 64.2 Å². The fourth-order valence-electron chi connectivity index (χ4n) is 4.74. The fourth-order valence-corrected chi connectivity index (χ4v) is 4.74. The molecule has 1 nitrogen and oxygen atoms in total. The molecular formula is C25H26F4O. The van der Waals surface area contributed by atoms with Crippen LogP contribution in [0.1, 0.15) is 62.1 Å². The highest BCUT2D eigenvalue weighted by Crippen LogP contribution is 2.37. The number of ether oxygens (including phenoxy) is 1. The number of rotatable bonds is 6. The van der Waals surface area contributed by atoms with Crippen LogP contribution in [0.15, 0.2) is 24.3 Å². The first-order valence-corrected chi connectivity index (χ1v) is 10.7. The van der Waals surface area contributed by atoms with Gasteiger partial charge in [-0.05, 0) is 59.9 Å². The van der Waals surface area contributed by atoms with E-state index in [9.17, 15) is 17.6 Å². The third-order valence-corrected chi connectivity index (χ3v) is 6.38. The van der Waals surface area contributed by atoms with Gasteiger partial charge in [-0.2, -0.15) is 0 Å². The Balaban J connectivity index is 1.43. The molecule has 0 bridgehead atoms. The fraction of sp³-hybridized carbons (Fsp3) is 0.440. The second-order valence-corrected chi connectivity index (χ2v) is 8.56. The van der Waals surface area contributed by atoms with Gasteiger partial charge in [-0.15, -0.1) is 0 Å². The van der Waals surface area contributed by atoms with Crippen molar-refractivity contribution in [3.8, 4) is 5.75 Å². The predicted molar refractivity (Wildman–Crippen MR) is 110 cm³/mol. The predicted octanol–water partition coefficient (Wildman–Crippen LogP) is 7.33. The lowest BCUT2D eigenvalue weighted by atomic mass is 9.80. The van der Waals surface area contributed by atoms with E-state index in [4.69, 9.17) is 4.74 Å². The summed E-state index contributed by atoms with van der Waals surface area (Å²) in [6.07, 6.45) is 8.71. The lowest BCUT2D eigenvalue weighted by molar-refractivity contribution is 0.178. The molecule has 1 saturated carbocycles. The van der Waals surface area contributed by atoms with Crippen molar-refractivity contribution in [1.82, 2.24) is 0 Å². The molecule has 5 heteroatoms. The van der Waals surface area contributed by atoms with Gasteiger partial charge in [0.2, 0.25) is 0 Å². The molecule has 160 valence electrons. The van der Waals surface area contributed by atoms with Crippen LogP contribution in [0.3, 0.4) is 0 Å². The normalized spacial score (nSPS) is 20.8. The van der Waals surface area contributed by atoms with E-state index in [1.807, 2.05) is 0 Å². The first-order valence-electron chi connectivity index (χ1n) is 10.7. The van der Waals surface area contributed by atoms with Crippen LogP contribution in [0.25, 0.3) is 11.6 Å². The Morgan fingerprint density at radius 2 is 1.47 bits per heavy atom. The first-order chi connectivity index (χ1) is 14.4. The molecule has 0 amide bonds. The second kappa shape index (κ2) is 8.83. The summed E-state index contributed by atoms with van der Waals surface area (Å²) in [7, 11) is 0. The number of hydrogen-bond donors (Lipinski definition) is 0. The molecule has 2 aliphatic rings. The van der Waals surface area contributed by atoms with Gasteiger partial charge in [0, 0.05) is 17.7 Å². The number of allylic oxidation sites excluding steroid dienone is 1. The molecule has 2 aromatic carbocycles. The van der Waals surface area contributed by atoms with Crippen molar-refractivity contribution in [1.29, 1.82) is 0 Å². The summed E-state index contributed by atoms with van der Waals surface area (Å²) in [5.74, 6) is -1.99. The van der Waals surface area contributed by atoms with Crippen LogP contribution in [0.5, 0.6) is 5.75 Å². The van der Waals surface area contributed by atoms with Gasteiger partial charge in [-0.3, -0.25) is 0 Å². The smallest absolute Gasteiger partial charge is 0.159 e. The van der Waals surface area contributed by atoms with E-state index in [2.05, 4.69) is 6.92 Å². The van der Waals surface area contributed by atoms with Crippen LogP contribution in [0, 0.1) is 35.1 Å². The van der Waals surface area contributed by atoms with Gasteiger partial charge in [0.1, 0.15) is 17.4 Å². The minimum absolute atomic E-state index is 0.154. The van der Waals surface area contributed by atoms with Gasteiger partial charge in [-0.1, -0.05) is 38.7 Å². The van der Waals surface area contributed by atoms with E-state index in [0.717, 1.165) is 30.9 Å². The van der Waals surface area contributed by atoms with Crippen LogP contribution in [-0.4, -0.2) is 6.61 Å². The molecule has 0 N–H and O–H groups in total. The van der Waals surface area contributed by atoms with Gasteiger partial charge >= 0.3 is 0 Å². The van der Waals surface area contributed by atoms with E-state index in [1.165, 1.54) is 43.9 Å². The Hall–Kier alpha value is -2.30. The Labute approximate surface area is 174 Å². The van der Waals surface area contributed by atoms with Crippen LogP contribution >= 0.6 is 0 Å². The van der Waals surface area contributed by atoms with E-state index in [0.29, 0.717) is 29.2 Å². The molecule has 0 unspecified atom stereocenters. The maximum absolute atomic E-state index is 14.7. The first kappa shape index (κ1) is 21.0. The number of benzene rings is 2. The number of fused-ring (bicyclic) bond motifs is 1. The number of halogens is 4. The minimum Gasteiger partial charge on any atom is -0.493 e. The SMILES string of the molecule is CCCC1CCC(COc2cc(F)c(C3=Cc4cc(F)c(F)cc4C3)c(F)c2)CC1. The third kappa shape index (κ3) is 4.40. The van der Waals surface area contributed by atoms with Gasteiger partial charge in [0.15, 0.2) is 11.6 Å². The maximum Gasteiger partial charge on any atom is 0.159 e. The molecule has 0 heterocycles. The van der Waals surface area contributed by atoms with Crippen LogP contribution in [0.2, 0.25) is 0 Å². The van der Waals surface area contributed by atoms with Gasteiger partial charge in [0.05, 0.1) is 6.61 Å². The highest BCUT2D eigenvalue weighted by atomic mass is 19.2. The van der Waals surface area contributed by atoms with E-state index in [-0.39, 0.29) is 17.7 Å². The molecule has 0 radical (unpaired) electrons. The van der Waals surface area contributed by atoms with Crippen molar-refractivity contribution < 1.29 is 22.3 Å². The lowest BCUT2D eigenvalue weighted by Crippen LogP contribution is -2.20. The molecule has 4 rings (SSSR count). The summed E-state index contributed by atoms with van der Waals surface area (Å²) in [5.41, 5.74) is 1.16. The summed E-state index contributed by atoms with van der Waals surface area (Å²) in [5, 5.41) is 0. The Bertz CT molecular complexity index is 935. The molecule has 0 aliphatic heterocycles. The molecule has 2 aliphatic carbocycles. The van der Waals surface area contributed by atoms with Gasteiger partial charge in [-0.25, -0.2) is 17.6 Å². The monoisotopic (exact) mass is 418 g/mol. The summed E-state index contributed by atoms with van der Waals surface area (Å²) < 4.78 is 62.1.